The third kappa shape index (κ3) is 6.50. The van der Waals surface area contributed by atoms with Gasteiger partial charge >= 0.3 is 0 Å². The summed E-state index contributed by atoms with van der Waals surface area (Å²) in [5.41, 5.74) is 7.25. The van der Waals surface area contributed by atoms with E-state index in [1.54, 1.807) is 0 Å². The zero-order chi connectivity index (χ0) is 15.9. The molecule has 1 saturated heterocycles. The lowest BCUT2D eigenvalue weighted by atomic mass is 10.0. The van der Waals surface area contributed by atoms with Crippen LogP contribution in [-0.4, -0.2) is 43.0 Å². The molecule has 0 spiro atoms. The van der Waals surface area contributed by atoms with E-state index in [0.717, 1.165) is 39.0 Å². The van der Waals surface area contributed by atoms with Crippen LogP contribution in [0.15, 0.2) is 30.3 Å². The number of carbonyl (C=O) groups excluding carboxylic acids is 1. The SMILES string of the molecule is CC(C)[C@H](N)C(=O)NCC1CCN(CCc2ccccc2)C1.Cl. The fourth-order valence-electron chi connectivity index (χ4n) is 2.88. The molecule has 1 amide bonds. The van der Waals surface area contributed by atoms with Gasteiger partial charge in [0.2, 0.25) is 5.91 Å². The van der Waals surface area contributed by atoms with Gasteiger partial charge in [-0.15, -0.1) is 12.4 Å². The molecule has 0 saturated carbocycles. The lowest BCUT2D eigenvalue weighted by molar-refractivity contribution is -0.123. The predicted octanol–water partition coefficient (Wildman–Crippen LogP) is 2.07. The summed E-state index contributed by atoms with van der Waals surface area (Å²) in [7, 11) is 0. The van der Waals surface area contributed by atoms with Crippen molar-refractivity contribution in [2.75, 3.05) is 26.2 Å². The predicted molar refractivity (Wildman–Crippen MR) is 97.8 cm³/mol. The number of hydrogen-bond acceptors (Lipinski definition) is 3. The van der Waals surface area contributed by atoms with Gasteiger partial charge in [0.05, 0.1) is 6.04 Å². The third-order valence-corrected chi connectivity index (χ3v) is 4.52. The average Bonchev–Trinajstić information content (AvgIpc) is 2.98. The summed E-state index contributed by atoms with van der Waals surface area (Å²) in [4.78, 5) is 14.4. The number of carbonyl (C=O) groups is 1. The van der Waals surface area contributed by atoms with E-state index < -0.39 is 6.04 Å². The molecule has 130 valence electrons. The Morgan fingerprint density at radius 1 is 1.35 bits per heavy atom. The molecule has 3 N–H and O–H groups in total. The number of nitrogens with one attached hydrogen (secondary N) is 1. The van der Waals surface area contributed by atoms with Crippen LogP contribution in [0.4, 0.5) is 0 Å². The summed E-state index contributed by atoms with van der Waals surface area (Å²) < 4.78 is 0. The number of benzene rings is 1. The fourth-order valence-corrected chi connectivity index (χ4v) is 2.88. The van der Waals surface area contributed by atoms with E-state index in [0.29, 0.717) is 5.92 Å². The van der Waals surface area contributed by atoms with E-state index in [4.69, 9.17) is 5.73 Å². The number of likely N-dealkylation sites (tertiary alicyclic amines) is 1. The van der Waals surface area contributed by atoms with Crippen LogP contribution in [0.2, 0.25) is 0 Å². The molecule has 1 unspecified atom stereocenters. The molecule has 1 heterocycles. The molecule has 5 heteroatoms. The molecule has 0 bridgehead atoms. The first-order chi connectivity index (χ1) is 10.6. The summed E-state index contributed by atoms with van der Waals surface area (Å²) in [6, 6.07) is 10.2. The maximum atomic E-state index is 11.9. The minimum Gasteiger partial charge on any atom is -0.354 e. The van der Waals surface area contributed by atoms with Gasteiger partial charge in [-0.05, 0) is 36.8 Å². The monoisotopic (exact) mass is 339 g/mol. The first kappa shape index (κ1) is 19.9. The lowest BCUT2D eigenvalue weighted by Gasteiger charge is -2.18. The van der Waals surface area contributed by atoms with Gasteiger partial charge in [-0.2, -0.15) is 0 Å². The van der Waals surface area contributed by atoms with Gasteiger partial charge in [-0.25, -0.2) is 0 Å². The smallest absolute Gasteiger partial charge is 0.237 e. The van der Waals surface area contributed by atoms with E-state index in [-0.39, 0.29) is 24.2 Å². The molecular weight excluding hydrogens is 310 g/mol. The minimum atomic E-state index is -0.393. The molecule has 1 aliphatic rings. The van der Waals surface area contributed by atoms with E-state index in [2.05, 4.69) is 40.5 Å². The molecule has 0 aromatic heterocycles. The summed E-state index contributed by atoms with van der Waals surface area (Å²) in [5, 5.41) is 3.01. The van der Waals surface area contributed by atoms with E-state index in [1.807, 2.05) is 13.8 Å². The van der Waals surface area contributed by atoms with E-state index in [9.17, 15) is 4.79 Å². The highest BCUT2D eigenvalue weighted by Crippen LogP contribution is 2.16. The Hall–Kier alpha value is -1.10. The van der Waals surface area contributed by atoms with Crippen LogP contribution in [0, 0.1) is 11.8 Å². The van der Waals surface area contributed by atoms with Gasteiger partial charge < -0.3 is 16.0 Å². The number of amides is 1. The average molecular weight is 340 g/mol. The highest BCUT2D eigenvalue weighted by molar-refractivity contribution is 5.85. The van der Waals surface area contributed by atoms with Gasteiger partial charge in [0, 0.05) is 19.6 Å². The molecule has 1 aromatic rings. The van der Waals surface area contributed by atoms with Crippen LogP contribution < -0.4 is 11.1 Å². The zero-order valence-corrected chi connectivity index (χ0v) is 15.0. The highest BCUT2D eigenvalue weighted by Gasteiger charge is 2.24. The Kier molecular flexibility index (Phi) is 8.59. The summed E-state index contributed by atoms with van der Waals surface area (Å²) in [5.74, 6) is 0.725. The number of nitrogens with zero attached hydrogens (tertiary/aromatic N) is 1. The second-order valence-corrected chi connectivity index (χ2v) is 6.71. The van der Waals surface area contributed by atoms with Crippen LogP contribution in [0.25, 0.3) is 0 Å². The van der Waals surface area contributed by atoms with Gasteiger partial charge in [-0.3, -0.25) is 4.79 Å². The van der Waals surface area contributed by atoms with E-state index in [1.165, 1.54) is 5.56 Å². The first-order valence-electron chi connectivity index (χ1n) is 8.36. The largest absolute Gasteiger partial charge is 0.354 e. The minimum absolute atomic E-state index is 0. The molecule has 0 aliphatic carbocycles. The summed E-state index contributed by atoms with van der Waals surface area (Å²) in [6.07, 6.45) is 2.25. The third-order valence-electron chi connectivity index (χ3n) is 4.52. The van der Waals surface area contributed by atoms with Crippen molar-refractivity contribution in [2.45, 2.75) is 32.7 Å². The molecule has 2 rings (SSSR count). The molecule has 1 aliphatic heterocycles. The second-order valence-electron chi connectivity index (χ2n) is 6.71. The topological polar surface area (TPSA) is 58.4 Å². The normalized spacial score (nSPS) is 19.4. The molecule has 23 heavy (non-hydrogen) atoms. The van der Waals surface area contributed by atoms with Gasteiger partial charge in [-0.1, -0.05) is 44.2 Å². The van der Waals surface area contributed by atoms with Crippen LogP contribution >= 0.6 is 12.4 Å². The zero-order valence-electron chi connectivity index (χ0n) is 14.2. The molecule has 4 nitrogen and oxygen atoms in total. The van der Waals surface area contributed by atoms with Crippen molar-refractivity contribution in [3.05, 3.63) is 35.9 Å². The van der Waals surface area contributed by atoms with Crippen LogP contribution in [-0.2, 0) is 11.2 Å². The molecule has 1 aromatic carbocycles. The van der Waals surface area contributed by atoms with Gasteiger partial charge in [0.1, 0.15) is 0 Å². The molecule has 1 fully saturated rings. The number of nitrogens with two attached hydrogens (primary N) is 1. The maximum Gasteiger partial charge on any atom is 0.237 e. The Labute approximate surface area is 146 Å². The highest BCUT2D eigenvalue weighted by atomic mass is 35.5. The van der Waals surface area contributed by atoms with Crippen LogP contribution in [0.1, 0.15) is 25.8 Å². The van der Waals surface area contributed by atoms with Crippen molar-refractivity contribution in [3.63, 3.8) is 0 Å². The fraction of sp³-hybridized carbons (Fsp3) is 0.611. The summed E-state index contributed by atoms with van der Waals surface area (Å²) >= 11 is 0. The van der Waals surface area contributed by atoms with Crippen LogP contribution in [0.3, 0.4) is 0 Å². The Morgan fingerprint density at radius 3 is 2.70 bits per heavy atom. The quantitative estimate of drug-likeness (QED) is 0.799. The molecular formula is C18H30ClN3O. The van der Waals surface area contributed by atoms with Crippen molar-refractivity contribution in [1.29, 1.82) is 0 Å². The van der Waals surface area contributed by atoms with Crippen molar-refractivity contribution >= 4 is 18.3 Å². The van der Waals surface area contributed by atoms with E-state index >= 15 is 0 Å². The van der Waals surface area contributed by atoms with Crippen molar-refractivity contribution in [1.82, 2.24) is 10.2 Å². The Bertz CT molecular complexity index is 467. The number of rotatable bonds is 7. The van der Waals surface area contributed by atoms with Crippen molar-refractivity contribution < 1.29 is 4.79 Å². The second kappa shape index (κ2) is 9.91. The first-order valence-corrected chi connectivity index (χ1v) is 8.36. The molecule has 0 radical (unpaired) electrons. The molecule has 2 atom stereocenters. The lowest BCUT2D eigenvalue weighted by Crippen LogP contribution is -2.45. The van der Waals surface area contributed by atoms with Gasteiger partial charge in [0.25, 0.3) is 0 Å². The number of halogens is 1. The Morgan fingerprint density at radius 2 is 2.04 bits per heavy atom. The maximum absolute atomic E-state index is 11.9. The van der Waals surface area contributed by atoms with Gasteiger partial charge in [0.15, 0.2) is 0 Å². The van der Waals surface area contributed by atoms with Crippen molar-refractivity contribution in [2.24, 2.45) is 17.6 Å². The number of hydrogen-bond donors (Lipinski definition) is 2. The van der Waals surface area contributed by atoms with Crippen molar-refractivity contribution in [3.8, 4) is 0 Å². The standard InChI is InChI=1S/C18H29N3O.ClH/c1-14(2)17(19)18(22)20-12-16-9-11-21(13-16)10-8-15-6-4-3-5-7-15;/h3-7,14,16-17H,8-13,19H2,1-2H3,(H,20,22);1H/t16?,17-;/m0./s1. The Balaban J connectivity index is 0.00000264. The summed E-state index contributed by atoms with van der Waals surface area (Å²) in [6.45, 7) is 8.00. The van der Waals surface area contributed by atoms with Crippen LogP contribution in [0.5, 0.6) is 0 Å².